The van der Waals surface area contributed by atoms with Gasteiger partial charge < -0.3 is 10.6 Å². The molecule has 0 amide bonds. The molecule has 0 spiro atoms. The highest BCUT2D eigenvalue weighted by Crippen LogP contribution is 2.24. The molecule has 0 aliphatic carbocycles. The van der Waals surface area contributed by atoms with Gasteiger partial charge in [0, 0.05) is 12.2 Å². The first-order chi connectivity index (χ1) is 10.2. The normalized spacial score (nSPS) is 11.0. The predicted octanol–water partition coefficient (Wildman–Crippen LogP) is 1.67. The van der Waals surface area contributed by atoms with Crippen molar-refractivity contribution in [3.8, 4) is 0 Å². The lowest BCUT2D eigenvalue weighted by atomic mass is 10.2. The molecule has 108 valence electrons. The number of fused-ring (bicyclic) bond motifs is 1. The molecule has 0 atom stereocenters. The first-order valence-corrected chi connectivity index (χ1v) is 6.81. The van der Waals surface area contributed by atoms with Crippen molar-refractivity contribution in [3.05, 3.63) is 35.8 Å². The fourth-order valence-electron chi connectivity index (χ4n) is 2.30. The van der Waals surface area contributed by atoms with Crippen LogP contribution in [0.1, 0.15) is 18.3 Å². The minimum Gasteiger partial charge on any atom is -0.368 e. The Kier molecular flexibility index (Phi) is 3.39. The smallest absolute Gasteiger partial charge is 0.224 e. The van der Waals surface area contributed by atoms with Crippen LogP contribution in [-0.2, 0) is 6.54 Å². The molecule has 0 aromatic carbocycles. The maximum Gasteiger partial charge on any atom is 0.224 e. The van der Waals surface area contributed by atoms with Crippen molar-refractivity contribution in [3.63, 3.8) is 0 Å². The number of aryl methyl sites for hydroxylation is 1. The van der Waals surface area contributed by atoms with Gasteiger partial charge in [-0.3, -0.25) is 10.1 Å². The number of anilines is 2. The summed E-state index contributed by atoms with van der Waals surface area (Å²) >= 11 is 0. The second kappa shape index (κ2) is 5.35. The molecule has 21 heavy (non-hydrogen) atoms. The first kappa shape index (κ1) is 13.3. The van der Waals surface area contributed by atoms with Gasteiger partial charge in [0.1, 0.15) is 5.82 Å². The second-order valence-electron chi connectivity index (χ2n) is 4.82. The van der Waals surface area contributed by atoms with Crippen LogP contribution in [0, 0.1) is 6.92 Å². The summed E-state index contributed by atoms with van der Waals surface area (Å²) in [5, 5.41) is 7.70. The summed E-state index contributed by atoms with van der Waals surface area (Å²) in [6.07, 6.45) is 1.72. The summed E-state index contributed by atoms with van der Waals surface area (Å²) in [5.41, 5.74) is 8.42. The summed E-state index contributed by atoms with van der Waals surface area (Å²) in [4.78, 5) is 15.2. The molecule has 0 saturated carbocycles. The molecule has 0 aliphatic heterocycles. The van der Waals surface area contributed by atoms with Gasteiger partial charge in [0.15, 0.2) is 5.65 Å². The van der Waals surface area contributed by atoms with Gasteiger partial charge in [-0.05, 0) is 26.0 Å². The molecule has 3 heterocycles. The fraction of sp³-hybridized carbons (Fsp3) is 0.286. The monoisotopic (exact) mass is 283 g/mol. The largest absolute Gasteiger partial charge is 0.368 e. The number of nitrogens with zero attached hydrogens (tertiary/aromatic N) is 5. The zero-order valence-electron chi connectivity index (χ0n) is 12.0. The van der Waals surface area contributed by atoms with Gasteiger partial charge >= 0.3 is 0 Å². The lowest BCUT2D eigenvalue weighted by Gasteiger charge is -2.22. The average Bonchev–Trinajstić information content (AvgIpc) is 2.92. The summed E-state index contributed by atoms with van der Waals surface area (Å²) in [6, 6.07) is 6.00. The predicted molar refractivity (Wildman–Crippen MR) is 81.8 cm³/mol. The molecule has 7 nitrogen and oxygen atoms in total. The molecule has 7 heteroatoms. The third-order valence-corrected chi connectivity index (χ3v) is 3.29. The van der Waals surface area contributed by atoms with Gasteiger partial charge in [-0.15, -0.1) is 0 Å². The van der Waals surface area contributed by atoms with Gasteiger partial charge in [0.25, 0.3) is 0 Å². The van der Waals surface area contributed by atoms with E-state index in [4.69, 9.17) is 5.73 Å². The minimum absolute atomic E-state index is 0.234. The zero-order chi connectivity index (χ0) is 14.8. The third-order valence-electron chi connectivity index (χ3n) is 3.29. The molecular weight excluding hydrogens is 266 g/mol. The molecule has 3 rings (SSSR count). The summed E-state index contributed by atoms with van der Waals surface area (Å²) in [5.74, 6) is 1.01. The molecule has 0 saturated heterocycles. The van der Waals surface area contributed by atoms with E-state index in [0.29, 0.717) is 12.2 Å². The van der Waals surface area contributed by atoms with E-state index in [1.165, 1.54) is 0 Å². The van der Waals surface area contributed by atoms with Crippen molar-refractivity contribution in [2.45, 2.75) is 20.4 Å². The quantitative estimate of drug-likeness (QED) is 0.756. The Labute approximate surface area is 122 Å². The van der Waals surface area contributed by atoms with Crippen LogP contribution < -0.4 is 10.6 Å². The van der Waals surface area contributed by atoms with Crippen LogP contribution in [-0.4, -0.2) is 31.7 Å². The van der Waals surface area contributed by atoms with Crippen molar-refractivity contribution in [1.29, 1.82) is 0 Å². The molecular formula is C14H17N7. The van der Waals surface area contributed by atoms with E-state index in [1.807, 2.05) is 25.1 Å². The van der Waals surface area contributed by atoms with Gasteiger partial charge in [-0.1, -0.05) is 6.07 Å². The average molecular weight is 283 g/mol. The minimum atomic E-state index is 0.234. The van der Waals surface area contributed by atoms with Gasteiger partial charge in [0.05, 0.1) is 23.8 Å². The van der Waals surface area contributed by atoms with E-state index in [0.717, 1.165) is 29.1 Å². The number of hydrogen-bond donors (Lipinski definition) is 2. The Hall–Kier alpha value is -2.70. The van der Waals surface area contributed by atoms with E-state index in [9.17, 15) is 0 Å². The van der Waals surface area contributed by atoms with Gasteiger partial charge in [-0.25, -0.2) is 0 Å². The number of nitrogens with two attached hydrogens (primary N) is 1. The zero-order valence-corrected chi connectivity index (χ0v) is 12.0. The van der Waals surface area contributed by atoms with Crippen molar-refractivity contribution in [2.75, 3.05) is 17.2 Å². The summed E-state index contributed by atoms with van der Waals surface area (Å²) in [6.45, 7) is 5.50. The highest BCUT2D eigenvalue weighted by molar-refractivity contribution is 5.87. The highest BCUT2D eigenvalue weighted by atomic mass is 15.2. The van der Waals surface area contributed by atoms with E-state index in [1.54, 1.807) is 6.20 Å². The molecule has 3 N–H and O–H groups in total. The van der Waals surface area contributed by atoms with Crippen LogP contribution in [0.5, 0.6) is 0 Å². The van der Waals surface area contributed by atoms with Crippen LogP contribution in [0.2, 0.25) is 0 Å². The molecule has 3 aromatic heterocycles. The molecule has 3 aromatic rings. The number of H-pyrrole nitrogens is 1. The Morgan fingerprint density at radius 1 is 1.24 bits per heavy atom. The van der Waals surface area contributed by atoms with Crippen LogP contribution in [0.15, 0.2) is 24.4 Å². The van der Waals surface area contributed by atoms with E-state index in [2.05, 4.69) is 37.0 Å². The first-order valence-electron chi connectivity index (χ1n) is 6.81. The lowest BCUT2D eigenvalue weighted by molar-refractivity contribution is 0.794. The van der Waals surface area contributed by atoms with E-state index < -0.39 is 0 Å². The van der Waals surface area contributed by atoms with E-state index >= 15 is 0 Å². The summed E-state index contributed by atoms with van der Waals surface area (Å²) < 4.78 is 0. The van der Waals surface area contributed by atoms with Crippen LogP contribution in [0.4, 0.5) is 11.8 Å². The van der Waals surface area contributed by atoms with Crippen molar-refractivity contribution in [1.82, 2.24) is 25.1 Å². The van der Waals surface area contributed by atoms with E-state index in [-0.39, 0.29) is 5.95 Å². The summed E-state index contributed by atoms with van der Waals surface area (Å²) in [7, 11) is 0. The molecule has 0 bridgehead atoms. The number of aromatic nitrogens is 5. The molecule has 0 aliphatic rings. The third kappa shape index (κ3) is 2.62. The molecule has 0 fully saturated rings. The SMILES string of the molecule is CCN(Cc1cccc(C)n1)c1nc(N)nc2[nH]ncc12. The Morgan fingerprint density at radius 3 is 2.86 bits per heavy atom. The number of nitrogen functional groups attached to an aromatic ring is 1. The van der Waals surface area contributed by atoms with Gasteiger partial charge in [-0.2, -0.15) is 15.1 Å². The van der Waals surface area contributed by atoms with Crippen molar-refractivity contribution in [2.24, 2.45) is 0 Å². The number of hydrogen-bond acceptors (Lipinski definition) is 6. The van der Waals surface area contributed by atoms with Crippen LogP contribution in [0.25, 0.3) is 11.0 Å². The van der Waals surface area contributed by atoms with Crippen molar-refractivity contribution >= 4 is 22.8 Å². The number of nitrogens with one attached hydrogen (secondary N) is 1. The van der Waals surface area contributed by atoms with Crippen LogP contribution >= 0.6 is 0 Å². The maximum absolute atomic E-state index is 5.78. The number of rotatable bonds is 4. The Morgan fingerprint density at radius 2 is 2.10 bits per heavy atom. The molecule has 0 radical (unpaired) electrons. The number of pyridine rings is 1. The Bertz CT molecular complexity index is 765. The van der Waals surface area contributed by atoms with Crippen LogP contribution in [0.3, 0.4) is 0 Å². The second-order valence-corrected chi connectivity index (χ2v) is 4.82. The number of aromatic amines is 1. The maximum atomic E-state index is 5.78. The van der Waals surface area contributed by atoms with Crippen molar-refractivity contribution < 1.29 is 0 Å². The van der Waals surface area contributed by atoms with Gasteiger partial charge in [0.2, 0.25) is 5.95 Å². The fourth-order valence-corrected chi connectivity index (χ4v) is 2.30. The Balaban J connectivity index is 2.00. The lowest BCUT2D eigenvalue weighted by Crippen LogP contribution is -2.24. The highest BCUT2D eigenvalue weighted by Gasteiger charge is 2.15. The molecule has 0 unspecified atom stereocenters. The topological polar surface area (TPSA) is 96.6 Å². The standard InChI is InChI=1S/C14H17N7/c1-3-21(8-10-6-4-5-9(2)17-10)13-11-7-16-20-12(11)18-14(15)19-13/h4-7H,3,8H2,1-2H3,(H3,15,16,18,19,20).